The standard InChI is InChI=1S/C6H11O5P/c1-3-5(7)6(8)4(11-3)2-10-12-9/h3-8H,2H2,1H3/t3-,4+,5-,6+/m0/s1. The fraction of sp³-hybridized carbons (Fsp3) is 1.00. The molecule has 1 aliphatic heterocycles. The summed E-state index contributed by atoms with van der Waals surface area (Å²) in [5, 5.41) is 18.5. The van der Waals surface area contributed by atoms with Crippen LogP contribution >= 0.6 is 8.69 Å². The van der Waals surface area contributed by atoms with Gasteiger partial charge in [-0.05, 0) is 6.92 Å². The van der Waals surface area contributed by atoms with E-state index in [1.165, 1.54) is 0 Å². The lowest BCUT2D eigenvalue weighted by Crippen LogP contribution is -2.33. The first-order valence-electron chi connectivity index (χ1n) is 3.63. The van der Waals surface area contributed by atoms with Gasteiger partial charge in [0.15, 0.2) is 0 Å². The van der Waals surface area contributed by atoms with Crippen LogP contribution in [0.3, 0.4) is 0 Å². The van der Waals surface area contributed by atoms with E-state index in [0.717, 1.165) is 0 Å². The molecule has 2 N–H and O–H groups in total. The summed E-state index contributed by atoms with van der Waals surface area (Å²) in [7, 11) is -0.447. The molecule has 0 saturated carbocycles. The molecule has 1 fully saturated rings. The molecule has 12 heavy (non-hydrogen) atoms. The van der Waals surface area contributed by atoms with Gasteiger partial charge in [-0.3, -0.25) is 4.52 Å². The average molecular weight is 194 g/mol. The third-order valence-electron chi connectivity index (χ3n) is 1.89. The lowest BCUT2D eigenvalue weighted by Gasteiger charge is -2.11. The van der Waals surface area contributed by atoms with Gasteiger partial charge in [0.25, 0.3) is 0 Å². The summed E-state index contributed by atoms with van der Waals surface area (Å²) in [4.78, 5) is 0. The molecule has 5 nitrogen and oxygen atoms in total. The lowest BCUT2D eigenvalue weighted by molar-refractivity contribution is -0.00845. The van der Waals surface area contributed by atoms with Crippen LogP contribution in [0.4, 0.5) is 0 Å². The second kappa shape index (κ2) is 4.25. The van der Waals surface area contributed by atoms with Crippen LogP contribution in [0.2, 0.25) is 0 Å². The SMILES string of the molecule is C[C@@H]1O[C@H](COP=O)[C@@H](O)[C@H]1O. The Hall–Kier alpha value is -0.0600. The van der Waals surface area contributed by atoms with E-state index in [9.17, 15) is 14.8 Å². The molecular formula is C6H11O5P. The molecule has 1 rings (SSSR count). The molecule has 1 heterocycles. The minimum absolute atomic E-state index is 0.0215. The Balaban J connectivity index is 2.41. The maximum absolute atomic E-state index is 9.91. The summed E-state index contributed by atoms with van der Waals surface area (Å²) < 4.78 is 19.5. The molecule has 0 unspecified atom stereocenters. The molecule has 0 aromatic heterocycles. The molecule has 0 amide bonds. The summed E-state index contributed by atoms with van der Waals surface area (Å²) in [6, 6.07) is 0. The van der Waals surface area contributed by atoms with Crippen molar-refractivity contribution in [3.05, 3.63) is 0 Å². The van der Waals surface area contributed by atoms with Crippen molar-refractivity contribution in [2.45, 2.75) is 31.3 Å². The second-order valence-corrected chi connectivity index (χ2v) is 3.14. The molecule has 0 radical (unpaired) electrons. The molecule has 1 aliphatic rings. The maximum Gasteiger partial charge on any atom is 0.327 e. The normalized spacial score (nSPS) is 42.2. The third-order valence-corrected chi connectivity index (χ3v) is 2.15. The predicted octanol–water partition coefficient (Wildman–Crippen LogP) is -0.281. The molecule has 0 spiro atoms. The lowest BCUT2D eigenvalue weighted by atomic mass is 10.1. The van der Waals surface area contributed by atoms with Crippen LogP contribution in [-0.2, 0) is 13.8 Å². The van der Waals surface area contributed by atoms with E-state index in [1.54, 1.807) is 6.92 Å². The fourth-order valence-corrected chi connectivity index (χ4v) is 1.38. The number of hydrogen-bond acceptors (Lipinski definition) is 5. The van der Waals surface area contributed by atoms with Gasteiger partial charge in [0.1, 0.15) is 18.3 Å². The van der Waals surface area contributed by atoms with Gasteiger partial charge in [-0.2, -0.15) is 0 Å². The monoisotopic (exact) mass is 194 g/mol. The minimum atomic E-state index is -0.957. The molecule has 70 valence electrons. The van der Waals surface area contributed by atoms with Crippen molar-refractivity contribution in [3.63, 3.8) is 0 Å². The van der Waals surface area contributed by atoms with Crippen LogP contribution in [0.15, 0.2) is 0 Å². The first-order chi connectivity index (χ1) is 5.66. The zero-order valence-electron chi connectivity index (χ0n) is 6.58. The highest BCUT2D eigenvalue weighted by molar-refractivity contribution is 7.17. The molecule has 0 aromatic carbocycles. The van der Waals surface area contributed by atoms with Crippen LogP contribution in [0.5, 0.6) is 0 Å². The van der Waals surface area contributed by atoms with E-state index in [2.05, 4.69) is 4.52 Å². The van der Waals surface area contributed by atoms with E-state index in [1.807, 2.05) is 0 Å². The van der Waals surface area contributed by atoms with Crippen LogP contribution < -0.4 is 0 Å². The van der Waals surface area contributed by atoms with Gasteiger partial charge >= 0.3 is 8.69 Å². The molecule has 4 atom stereocenters. The number of rotatable bonds is 3. The van der Waals surface area contributed by atoms with Gasteiger partial charge in [0.2, 0.25) is 0 Å². The quantitative estimate of drug-likeness (QED) is 0.604. The van der Waals surface area contributed by atoms with Crippen LogP contribution in [0.1, 0.15) is 6.92 Å². The third kappa shape index (κ3) is 2.00. The second-order valence-electron chi connectivity index (χ2n) is 2.73. The number of ether oxygens (including phenoxy) is 1. The smallest absolute Gasteiger partial charge is 0.327 e. The van der Waals surface area contributed by atoms with Gasteiger partial charge in [0, 0.05) is 0 Å². The zero-order valence-corrected chi connectivity index (χ0v) is 7.48. The van der Waals surface area contributed by atoms with Crippen LogP contribution in [-0.4, -0.2) is 41.2 Å². The van der Waals surface area contributed by atoms with E-state index in [4.69, 9.17) is 4.74 Å². The van der Waals surface area contributed by atoms with Gasteiger partial charge < -0.3 is 14.9 Å². The Kier molecular flexibility index (Phi) is 3.55. The van der Waals surface area contributed by atoms with Crippen molar-refractivity contribution >= 4 is 8.69 Å². The fourth-order valence-electron chi connectivity index (χ4n) is 1.18. The van der Waals surface area contributed by atoms with E-state index in [-0.39, 0.29) is 6.61 Å². The maximum atomic E-state index is 9.91. The molecule has 1 saturated heterocycles. The Morgan fingerprint density at radius 1 is 1.50 bits per heavy atom. The predicted molar refractivity (Wildman–Crippen MR) is 39.9 cm³/mol. The highest BCUT2D eigenvalue weighted by atomic mass is 31.1. The molecule has 6 heteroatoms. The van der Waals surface area contributed by atoms with Crippen molar-refractivity contribution in [1.29, 1.82) is 0 Å². The Morgan fingerprint density at radius 3 is 2.58 bits per heavy atom. The highest BCUT2D eigenvalue weighted by Crippen LogP contribution is 2.21. The van der Waals surface area contributed by atoms with Crippen molar-refractivity contribution in [3.8, 4) is 0 Å². The topological polar surface area (TPSA) is 76.0 Å². The highest BCUT2D eigenvalue weighted by Gasteiger charge is 2.40. The van der Waals surface area contributed by atoms with Crippen molar-refractivity contribution in [2.75, 3.05) is 6.61 Å². The number of hydrogen-bond donors (Lipinski definition) is 2. The summed E-state index contributed by atoms with van der Waals surface area (Å²) in [5.74, 6) is 0. The van der Waals surface area contributed by atoms with Crippen molar-refractivity contribution in [1.82, 2.24) is 0 Å². The number of aliphatic hydroxyl groups is 2. The van der Waals surface area contributed by atoms with Crippen molar-refractivity contribution in [2.24, 2.45) is 0 Å². The molecule has 0 aromatic rings. The summed E-state index contributed by atoms with van der Waals surface area (Å²) >= 11 is 0. The average Bonchev–Trinajstić information content (AvgIpc) is 2.30. The molecular weight excluding hydrogens is 183 g/mol. The largest absolute Gasteiger partial charge is 0.388 e. The summed E-state index contributed by atoms with van der Waals surface area (Å²) in [6.07, 6.45) is -2.84. The molecule has 0 bridgehead atoms. The Labute approximate surface area is 71.6 Å². The Bertz CT molecular complexity index is 164. The van der Waals surface area contributed by atoms with Gasteiger partial charge in [-0.1, -0.05) is 0 Å². The number of aliphatic hydroxyl groups excluding tert-OH is 2. The van der Waals surface area contributed by atoms with Crippen LogP contribution in [0.25, 0.3) is 0 Å². The molecule has 0 aliphatic carbocycles. The summed E-state index contributed by atoms with van der Waals surface area (Å²) in [5.41, 5.74) is 0. The van der Waals surface area contributed by atoms with Crippen LogP contribution in [0, 0.1) is 0 Å². The van der Waals surface area contributed by atoms with Crippen molar-refractivity contribution < 1.29 is 24.0 Å². The van der Waals surface area contributed by atoms with Gasteiger partial charge in [0.05, 0.1) is 12.7 Å². The van der Waals surface area contributed by atoms with E-state index in [0.29, 0.717) is 0 Å². The first kappa shape index (κ1) is 10.0. The van der Waals surface area contributed by atoms with Gasteiger partial charge in [-0.25, -0.2) is 4.57 Å². The first-order valence-corrected chi connectivity index (χ1v) is 4.36. The van der Waals surface area contributed by atoms with Gasteiger partial charge in [-0.15, -0.1) is 0 Å². The minimum Gasteiger partial charge on any atom is -0.388 e. The van der Waals surface area contributed by atoms with E-state index < -0.39 is 33.1 Å². The Morgan fingerprint density at radius 2 is 2.17 bits per heavy atom. The van der Waals surface area contributed by atoms with E-state index >= 15 is 0 Å². The summed E-state index contributed by atoms with van der Waals surface area (Å²) in [6.45, 7) is 1.68. The zero-order chi connectivity index (χ0) is 9.14.